The molecule has 4 aliphatic rings. The molecule has 4 saturated carbocycles. The standard InChI is InChI=1S/C18H24N2O/c1-12-3-2-4-19-17(12)20-16(21)11-18-8-13-5-14(9-18)7-15(6-13)10-18/h2-4,13-15H,5-11H2,1H3,(H,19,20,21). The molecule has 4 bridgehead atoms. The maximum atomic E-state index is 12.5. The van der Waals surface area contributed by atoms with E-state index in [9.17, 15) is 4.79 Å². The Morgan fingerprint density at radius 3 is 2.43 bits per heavy atom. The lowest BCUT2D eigenvalue weighted by Gasteiger charge is -2.56. The molecule has 0 radical (unpaired) electrons. The molecule has 0 aromatic carbocycles. The van der Waals surface area contributed by atoms with Crippen LogP contribution in [0.1, 0.15) is 50.5 Å². The Labute approximate surface area is 126 Å². The summed E-state index contributed by atoms with van der Waals surface area (Å²) in [6.45, 7) is 1.99. The number of hydrogen-bond acceptors (Lipinski definition) is 2. The fourth-order valence-corrected chi connectivity index (χ4v) is 5.64. The number of anilines is 1. The summed E-state index contributed by atoms with van der Waals surface area (Å²) in [6.07, 6.45) is 10.6. The molecule has 0 saturated heterocycles. The number of carbonyl (C=O) groups excluding carboxylic acids is 1. The number of amides is 1. The van der Waals surface area contributed by atoms with Gasteiger partial charge in [-0.25, -0.2) is 4.98 Å². The number of aryl methyl sites for hydroxylation is 1. The molecule has 0 atom stereocenters. The fraction of sp³-hybridized carbons (Fsp3) is 0.667. The maximum Gasteiger partial charge on any atom is 0.226 e. The van der Waals surface area contributed by atoms with Crippen molar-refractivity contribution >= 4 is 11.7 Å². The van der Waals surface area contributed by atoms with E-state index in [0.717, 1.165) is 29.1 Å². The molecule has 1 amide bonds. The SMILES string of the molecule is Cc1cccnc1NC(=O)CC12CC3CC(CC(C3)C1)C2. The van der Waals surface area contributed by atoms with E-state index in [4.69, 9.17) is 0 Å². The number of nitrogens with zero attached hydrogens (tertiary/aromatic N) is 1. The van der Waals surface area contributed by atoms with Gasteiger partial charge in [-0.15, -0.1) is 0 Å². The lowest BCUT2D eigenvalue weighted by molar-refractivity contribution is -0.124. The second kappa shape index (κ2) is 4.82. The van der Waals surface area contributed by atoms with Crippen molar-refractivity contribution in [2.45, 2.75) is 51.9 Å². The Kier molecular flexibility index (Phi) is 3.05. The first-order valence-electron chi connectivity index (χ1n) is 8.33. The normalized spacial score (nSPS) is 36.7. The summed E-state index contributed by atoms with van der Waals surface area (Å²) in [6, 6.07) is 3.90. The summed E-state index contributed by atoms with van der Waals surface area (Å²) in [4.78, 5) is 16.8. The van der Waals surface area contributed by atoms with Crippen molar-refractivity contribution in [2.24, 2.45) is 23.2 Å². The average Bonchev–Trinajstić information content (AvgIpc) is 2.39. The minimum atomic E-state index is 0.166. The number of pyridine rings is 1. The van der Waals surface area contributed by atoms with Crippen molar-refractivity contribution in [2.75, 3.05) is 5.32 Å². The van der Waals surface area contributed by atoms with Crippen LogP contribution in [0.25, 0.3) is 0 Å². The van der Waals surface area contributed by atoms with Crippen molar-refractivity contribution in [1.82, 2.24) is 4.98 Å². The van der Waals surface area contributed by atoms with Crippen LogP contribution in [0.15, 0.2) is 18.3 Å². The molecule has 1 aromatic heterocycles. The van der Waals surface area contributed by atoms with Crippen molar-refractivity contribution in [3.05, 3.63) is 23.9 Å². The highest BCUT2D eigenvalue weighted by Crippen LogP contribution is 2.61. The van der Waals surface area contributed by atoms with E-state index >= 15 is 0 Å². The van der Waals surface area contributed by atoms with Crippen LogP contribution in [0.3, 0.4) is 0 Å². The lowest BCUT2D eigenvalue weighted by Crippen LogP contribution is -2.47. The van der Waals surface area contributed by atoms with Crippen LogP contribution < -0.4 is 5.32 Å². The molecule has 4 fully saturated rings. The van der Waals surface area contributed by atoms with E-state index in [1.165, 1.54) is 38.5 Å². The number of hydrogen-bond donors (Lipinski definition) is 1. The smallest absolute Gasteiger partial charge is 0.226 e. The second-order valence-electron chi connectivity index (χ2n) is 7.81. The van der Waals surface area contributed by atoms with Gasteiger partial charge in [-0.1, -0.05) is 6.07 Å². The van der Waals surface area contributed by atoms with E-state index in [-0.39, 0.29) is 5.91 Å². The van der Waals surface area contributed by atoms with Crippen LogP contribution in [0.5, 0.6) is 0 Å². The van der Waals surface area contributed by atoms with Gasteiger partial charge < -0.3 is 5.32 Å². The molecule has 0 aliphatic heterocycles. The van der Waals surface area contributed by atoms with Crippen molar-refractivity contribution in [3.63, 3.8) is 0 Å². The lowest BCUT2D eigenvalue weighted by atomic mass is 9.49. The van der Waals surface area contributed by atoms with Gasteiger partial charge in [0, 0.05) is 12.6 Å². The van der Waals surface area contributed by atoms with Gasteiger partial charge in [-0.3, -0.25) is 4.79 Å². The molecule has 0 unspecified atom stereocenters. The Hall–Kier alpha value is -1.38. The summed E-state index contributed by atoms with van der Waals surface area (Å²) in [5, 5.41) is 3.04. The van der Waals surface area contributed by atoms with Crippen LogP contribution in [0.2, 0.25) is 0 Å². The Morgan fingerprint density at radius 1 is 1.24 bits per heavy atom. The molecular weight excluding hydrogens is 260 g/mol. The number of aromatic nitrogens is 1. The van der Waals surface area contributed by atoms with Crippen LogP contribution in [0, 0.1) is 30.1 Å². The van der Waals surface area contributed by atoms with E-state index in [1.54, 1.807) is 6.20 Å². The molecule has 3 nitrogen and oxygen atoms in total. The second-order valence-corrected chi connectivity index (χ2v) is 7.81. The third-order valence-corrected chi connectivity index (χ3v) is 5.97. The van der Waals surface area contributed by atoms with Crippen LogP contribution in [-0.4, -0.2) is 10.9 Å². The van der Waals surface area contributed by atoms with Gasteiger partial charge in [0.1, 0.15) is 5.82 Å². The predicted molar refractivity (Wildman–Crippen MR) is 82.8 cm³/mol. The van der Waals surface area contributed by atoms with Crippen LogP contribution in [0.4, 0.5) is 5.82 Å². The van der Waals surface area contributed by atoms with Gasteiger partial charge in [0.15, 0.2) is 0 Å². The van der Waals surface area contributed by atoms with Crippen LogP contribution in [-0.2, 0) is 4.79 Å². The molecule has 1 N–H and O–H groups in total. The van der Waals surface area contributed by atoms with Gasteiger partial charge in [0.2, 0.25) is 5.91 Å². The van der Waals surface area contributed by atoms with E-state index < -0.39 is 0 Å². The first-order chi connectivity index (χ1) is 10.1. The van der Waals surface area contributed by atoms with E-state index in [0.29, 0.717) is 11.8 Å². The monoisotopic (exact) mass is 284 g/mol. The zero-order chi connectivity index (χ0) is 14.4. The van der Waals surface area contributed by atoms with E-state index in [1.807, 2.05) is 19.1 Å². The van der Waals surface area contributed by atoms with Crippen molar-refractivity contribution in [1.29, 1.82) is 0 Å². The minimum Gasteiger partial charge on any atom is -0.310 e. The molecule has 3 heteroatoms. The third-order valence-electron chi connectivity index (χ3n) is 5.97. The zero-order valence-corrected chi connectivity index (χ0v) is 12.8. The molecule has 21 heavy (non-hydrogen) atoms. The van der Waals surface area contributed by atoms with Crippen molar-refractivity contribution < 1.29 is 4.79 Å². The highest BCUT2D eigenvalue weighted by atomic mass is 16.1. The molecule has 112 valence electrons. The maximum absolute atomic E-state index is 12.5. The first kappa shape index (κ1) is 13.3. The average molecular weight is 284 g/mol. The highest BCUT2D eigenvalue weighted by molar-refractivity contribution is 5.90. The van der Waals surface area contributed by atoms with E-state index in [2.05, 4.69) is 10.3 Å². The molecule has 4 aliphatic carbocycles. The summed E-state index contributed by atoms with van der Waals surface area (Å²) in [7, 11) is 0. The number of rotatable bonds is 3. The quantitative estimate of drug-likeness (QED) is 0.913. The Morgan fingerprint density at radius 2 is 1.86 bits per heavy atom. The third kappa shape index (κ3) is 2.47. The number of carbonyl (C=O) groups is 1. The fourth-order valence-electron chi connectivity index (χ4n) is 5.64. The number of nitrogens with one attached hydrogen (secondary N) is 1. The molecule has 5 rings (SSSR count). The zero-order valence-electron chi connectivity index (χ0n) is 12.8. The van der Waals surface area contributed by atoms with Gasteiger partial charge in [0.05, 0.1) is 0 Å². The van der Waals surface area contributed by atoms with Gasteiger partial charge in [-0.2, -0.15) is 0 Å². The van der Waals surface area contributed by atoms with Crippen LogP contribution >= 0.6 is 0 Å². The summed E-state index contributed by atoms with van der Waals surface area (Å²) in [5.74, 6) is 3.60. The largest absolute Gasteiger partial charge is 0.310 e. The van der Waals surface area contributed by atoms with Gasteiger partial charge in [0.25, 0.3) is 0 Å². The van der Waals surface area contributed by atoms with Crippen molar-refractivity contribution in [3.8, 4) is 0 Å². The van der Waals surface area contributed by atoms with Gasteiger partial charge in [-0.05, 0) is 80.2 Å². The Balaban J connectivity index is 1.46. The summed E-state index contributed by atoms with van der Waals surface area (Å²) in [5.41, 5.74) is 1.35. The van der Waals surface area contributed by atoms with Gasteiger partial charge >= 0.3 is 0 Å². The highest BCUT2D eigenvalue weighted by Gasteiger charge is 2.51. The predicted octanol–water partition coefficient (Wildman–Crippen LogP) is 3.94. The first-order valence-corrected chi connectivity index (χ1v) is 8.33. The summed E-state index contributed by atoms with van der Waals surface area (Å²) < 4.78 is 0. The molecular formula is C18H24N2O. The molecule has 1 aromatic rings. The molecule has 1 heterocycles. The molecule has 0 spiro atoms. The minimum absolute atomic E-state index is 0.166. The summed E-state index contributed by atoms with van der Waals surface area (Å²) >= 11 is 0. The Bertz CT molecular complexity index is 531. The topological polar surface area (TPSA) is 42.0 Å².